The smallest absolute Gasteiger partial charge is 0.307 e. The van der Waals surface area contributed by atoms with Crippen LogP contribution >= 0.6 is 0 Å². The van der Waals surface area contributed by atoms with Gasteiger partial charge in [0.1, 0.15) is 6.61 Å². The lowest BCUT2D eigenvalue weighted by Crippen LogP contribution is -2.29. The van der Waals surface area contributed by atoms with Crippen LogP contribution in [-0.2, 0) is 14.3 Å². The van der Waals surface area contributed by atoms with Crippen molar-refractivity contribution in [2.45, 2.75) is 40.2 Å². The Morgan fingerprint density at radius 2 is 1.94 bits per heavy atom. The maximum Gasteiger partial charge on any atom is 0.307 e. The van der Waals surface area contributed by atoms with Crippen molar-refractivity contribution >= 4 is 5.97 Å². The third-order valence-corrected chi connectivity index (χ3v) is 1.97. The quantitative estimate of drug-likeness (QED) is 0.483. The highest BCUT2D eigenvalue weighted by Gasteiger charge is 2.08. The first-order chi connectivity index (χ1) is 7.56. The molecule has 0 aromatic heterocycles. The van der Waals surface area contributed by atoms with E-state index in [9.17, 15) is 4.79 Å². The Bertz CT molecular complexity index is 183. The van der Waals surface area contributed by atoms with Gasteiger partial charge in [0.15, 0.2) is 0 Å². The Hall–Kier alpha value is -0.610. The fraction of sp³-hybridized carbons (Fsp3) is 0.917. The Morgan fingerprint density at radius 1 is 1.25 bits per heavy atom. The summed E-state index contributed by atoms with van der Waals surface area (Å²) in [5, 5.41) is 3.16. The molecule has 0 rings (SSSR count). The first-order valence-electron chi connectivity index (χ1n) is 6.03. The molecule has 0 aromatic carbocycles. The highest BCUT2D eigenvalue weighted by atomic mass is 16.6. The van der Waals surface area contributed by atoms with E-state index < -0.39 is 0 Å². The van der Waals surface area contributed by atoms with E-state index in [0.29, 0.717) is 32.2 Å². The average molecular weight is 231 g/mol. The molecule has 0 saturated carbocycles. The van der Waals surface area contributed by atoms with Crippen LogP contribution in [-0.4, -0.2) is 38.4 Å². The molecule has 16 heavy (non-hydrogen) atoms. The second-order valence-electron chi connectivity index (χ2n) is 4.35. The molecule has 0 aliphatic carbocycles. The van der Waals surface area contributed by atoms with Gasteiger partial charge in [-0.15, -0.1) is 0 Å². The number of esters is 1. The van der Waals surface area contributed by atoms with Crippen molar-refractivity contribution in [3.8, 4) is 0 Å². The highest BCUT2D eigenvalue weighted by molar-refractivity contribution is 5.70. The number of ether oxygens (including phenoxy) is 2. The molecule has 0 amide bonds. The number of carbonyl (C=O) groups is 1. The van der Waals surface area contributed by atoms with E-state index in [2.05, 4.69) is 19.2 Å². The molecule has 0 aromatic rings. The van der Waals surface area contributed by atoms with Crippen molar-refractivity contribution in [3.05, 3.63) is 0 Å². The number of hydrogen-bond donors (Lipinski definition) is 1. The van der Waals surface area contributed by atoms with Crippen LogP contribution in [0.25, 0.3) is 0 Å². The maximum atomic E-state index is 11.3. The number of rotatable bonds is 9. The lowest BCUT2D eigenvalue weighted by Gasteiger charge is -2.12. The van der Waals surface area contributed by atoms with Crippen molar-refractivity contribution in [2.24, 2.45) is 5.92 Å². The molecule has 0 aliphatic heterocycles. The third-order valence-electron chi connectivity index (χ3n) is 1.97. The van der Waals surface area contributed by atoms with Gasteiger partial charge in [0.2, 0.25) is 0 Å². The van der Waals surface area contributed by atoms with Crippen molar-refractivity contribution in [3.63, 3.8) is 0 Å². The first kappa shape index (κ1) is 15.4. The topological polar surface area (TPSA) is 47.6 Å². The van der Waals surface area contributed by atoms with Gasteiger partial charge in [-0.25, -0.2) is 0 Å². The molecule has 4 nitrogen and oxygen atoms in total. The molecule has 0 heterocycles. The van der Waals surface area contributed by atoms with Crippen LogP contribution < -0.4 is 5.32 Å². The molecule has 96 valence electrons. The molecule has 0 fully saturated rings. The van der Waals surface area contributed by atoms with E-state index in [-0.39, 0.29) is 12.0 Å². The van der Waals surface area contributed by atoms with Crippen LogP contribution in [0, 0.1) is 5.92 Å². The minimum atomic E-state index is -0.165. The predicted octanol–water partition coefficient (Wildman–Crippen LogP) is 1.59. The van der Waals surface area contributed by atoms with E-state index in [1.807, 2.05) is 13.8 Å². The summed E-state index contributed by atoms with van der Waals surface area (Å²) in [4.78, 5) is 11.3. The lowest BCUT2D eigenvalue weighted by atomic mass is 10.2. The molecule has 1 atom stereocenters. The SMILES string of the molecule is CCNC(C)CC(=O)OCCOCC(C)C. The maximum absolute atomic E-state index is 11.3. The fourth-order valence-corrected chi connectivity index (χ4v) is 1.26. The molecule has 0 radical (unpaired) electrons. The van der Waals surface area contributed by atoms with Gasteiger partial charge < -0.3 is 14.8 Å². The molecule has 4 heteroatoms. The summed E-state index contributed by atoms with van der Waals surface area (Å²) in [7, 11) is 0. The van der Waals surface area contributed by atoms with Gasteiger partial charge in [-0.2, -0.15) is 0 Å². The zero-order chi connectivity index (χ0) is 12.4. The number of nitrogens with one attached hydrogen (secondary N) is 1. The van der Waals surface area contributed by atoms with E-state index in [1.165, 1.54) is 0 Å². The Kier molecular flexibility index (Phi) is 9.24. The summed E-state index contributed by atoms with van der Waals surface area (Å²) in [6.45, 7) is 10.6. The normalized spacial score (nSPS) is 12.8. The second-order valence-corrected chi connectivity index (χ2v) is 4.35. The van der Waals surface area contributed by atoms with Crippen molar-refractivity contribution in [1.82, 2.24) is 5.32 Å². The van der Waals surface area contributed by atoms with Crippen molar-refractivity contribution < 1.29 is 14.3 Å². The average Bonchev–Trinajstić information content (AvgIpc) is 2.16. The molecule has 0 aliphatic rings. The summed E-state index contributed by atoms with van der Waals surface area (Å²) in [6, 6.07) is 0.175. The van der Waals surface area contributed by atoms with Crippen molar-refractivity contribution in [2.75, 3.05) is 26.4 Å². The van der Waals surface area contributed by atoms with Crippen LogP contribution in [0.2, 0.25) is 0 Å². The van der Waals surface area contributed by atoms with Gasteiger partial charge in [0, 0.05) is 12.6 Å². The van der Waals surface area contributed by atoms with Crippen LogP contribution in [0.3, 0.4) is 0 Å². The number of carbonyl (C=O) groups excluding carboxylic acids is 1. The predicted molar refractivity (Wildman–Crippen MR) is 64.4 cm³/mol. The monoisotopic (exact) mass is 231 g/mol. The summed E-state index contributed by atoms with van der Waals surface area (Å²) in [6.07, 6.45) is 0.415. The summed E-state index contributed by atoms with van der Waals surface area (Å²) >= 11 is 0. The minimum absolute atomic E-state index is 0.165. The van der Waals surface area contributed by atoms with E-state index >= 15 is 0 Å². The molecule has 1 N–H and O–H groups in total. The van der Waals surface area contributed by atoms with E-state index in [4.69, 9.17) is 9.47 Å². The third kappa shape index (κ3) is 9.93. The fourth-order valence-electron chi connectivity index (χ4n) is 1.26. The molecular weight excluding hydrogens is 206 g/mol. The van der Waals surface area contributed by atoms with Gasteiger partial charge in [-0.05, 0) is 19.4 Å². The van der Waals surface area contributed by atoms with Gasteiger partial charge in [-0.3, -0.25) is 4.79 Å². The molecule has 0 bridgehead atoms. The highest BCUT2D eigenvalue weighted by Crippen LogP contribution is 1.95. The minimum Gasteiger partial charge on any atom is -0.463 e. The van der Waals surface area contributed by atoms with Gasteiger partial charge in [0.05, 0.1) is 13.0 Å². The van der Waals surface area contributed by atoms with Crippen LogP contribution in [0.4, 0.5) is 0 Å². The second kappa shape index (κ2) is 9.60. The van der Waals surface area contributed by atoms with Crippen LogP contribution in [0.5, 0.6) is 0 Å². The first-order valence-corrected chi connectivity index (χ1v) is 6.03. The zero-order valence-corrected chi connectivity index (χ0v) is 10.9. The Labute approximate surface area is 98.7 Å². The molecule has 0 saturated heterocycles. The number of hydrogen-bond acceptors (Lipinski definition) is 4. The van der Waals surface area contributed by atoms with E-state index in [1.54, 1.807) is 0 Å². The molecular formula is C12H25NO3. The van der Waals surface area contributed by atoms with Gasteiger partial charge in [0.25, 0.3) is 0 Å². The summed E-state index contributed by atoms with van der Waals surface area (Å²) in [5.41, 5.74) is 0. The van der Waals surface area contributed by atoms with E-state index in [0.717, 1.165) is 6.54 Å². The zero-order valence-electron chi connectivity index (χ0n) is 10.9. The molecule has 0 spiro atoms. The standard InChI is InChI=1S/C12H25NO3/c1-5-13-11(4)8-12(14)16-7-6-15-9-10(2)3/h10-11,13H,5-9H2,1-4H3. The Balaban J connectivity index is 3.36. The van der Waals surface area contributed by atoms with Crippen molar-refractivity contribution in [1.29, 1.82) is 0 Å². The van der Waals surface area contributed by atoms with Crippen LogP contribution in [0.15, 0.2) is 0 Å². The lowest BCUT2D eigenvalue weighted by molar-refractivity contribution is -0.145. The molecule has 1 unspecified atom stereocenters. The van der Waals surface area contributed by atoms with Crippen LogP contribution in [0.1, 0.15) is 34.1 Å². The Morgan fingerprint density at radius 3 is 2.50 bits per heavy atom. The van der Waals surface area contributed by atoms with Gasteiger partial charge >= 0.3 is 5.97 Å². The largest absolute Gasteiger partial charge is 0.463 e. The summed E-state index contributed by atoms with van der Waals surface area (Å²) < 4.78 is 10.3. The summed E-state index contributed by atoms with van der Waals surface area (Å²) in [5.74, 6) is 0.353. The van der Waals surface area contributed by atoms with Gasteiger partial charge in [-0.1, -0.05) is 20.8 Å².